The summed E-state index contributed by atoms with van der Waals surface area (Å²) in [5.41, 5.74) is 1.17. The number of nitrogens with one attached hydrogen (secondary N) is 3. The number of nitrogens with zero attached hydrogens (tertiary/aromatic N) is 5. The topological polar surface area (TPSA) is 115 Å². The summed E-state index contributed by atoms with van der Waals surface area (Å²) in [6.45, 7) is 1.11. The van der Waals surface area contributed by atoms with Crippen molar-refractivity contribution in [2.45, 2.75) is 31.7 Å². The summed E-state index contributed by atoms with van der Waals surface area (Å²) in [6, 6.07) is 3.26. The van der Waals surface area contributed by atoms with Gasteiger partial charge < -0.3 is 25.8 Å². The van der Waals surface area contributed by atoms with Crippen LogP contribution in [0.4, 0.5) is 21.8 Å². The van der Waals surface area contributed by atoms with Crippen LogP contribution in [0, 0.1) is 17.8 Å². The number of anilines is 3. The van der Waals surface area contributed by atoms with Crippen LogP contribution in [0.5, 0.6) is 0 Å². The summed E-state index contributed by atoms with van der Waals surface area (Å²) in [6.07, 6.45) is 9.61. The fourth-order valence-corrected chi connectivity index (χ4v) is 3.08. The molecule has 0 unspecified atom stereocenters. The molecule has 0 radical (unpaired) electrons. The predicted molar refractivity (Wildman–Crippen MR) is 141 cm³/mol. The number of carbonyl (C=O) groups excluding carboxylic acids is 2. The molecule has 10 nitrogen and oxygen atoms in total. The number of aromatic nitrogens is 3. The van der Waals surface area contributed by atoms with Crippen molar-refractivity contribution in [3.8, 4) is 11.8 Å². The van der Waals surface area contributed by atoms with Crippen molar-refractivity contribution in [3.63, 3.8) is 0 Å². The second kappa shape index (κ2) is 13.9. The van der Waals surface area contributed by atoms with E-state index in [4.69, 9.17) is 0 Å². The van der Waals surface area contributed by atoms with Crippen LogP contribution < -0.4 is 16.0 Å². The van der Waals surface area contributed by atoms with Crippen molar-refractivity contribution in [2.24, 2.45) is 0 Å². The average molecular weight is 509 g/mol. The van der Waals surface area contributed by atoms with Gasteiger partial charge in [-0.1, -0.05) is 17.9 Å². The number of likely N-dealkylation sites (N-methyl/N-ethyl adjacent to an activating group) is 2. The number of rotatable bonds is 12. The summed E-state index contributed by atoms with van der Waals surface area (Å²) < 4.78 is 13.4. The zero-order valence-corrected chi connectivity index (χ0v) is 21.4. The molecule has 3 N–H and O–H groups in total. The third-order valence-corrected chi connectivity index (χ3v) is 5.20. The molecular weight excluding hydrogens is 475 g/mol. The van der Waals surface area contributed by atoms with E-state index in [2.05, 4.69) is 42.7 Å². The van der Waals surface area contributed by atoms with Crippen LogP contribution in [-0.2, 0) is 9.59 Å². The van der Waals surface area contributed by atoms with Gasteiger partial charge >= 0.3 is 0 Å². The molecule has 1 fully saturated rings. The number of unbranched alkanes of at least 4 members (excludes halogenated alkanes) is 1. The van der Waals surface area contributed by atoms with Crippen molar-refractivity contribution in [2.75, 3.05) is 51.4 Å². The van der Waals surface area contributed by atoms with Gasteiger partial charge in [0.15, 0.2) is 0 Å². The van der Waals surface area contributed by atoms with Gasteiger partial charge in [-0.2, -0.15) is 9.37 Å². The highest BCUT2D eigenvalue weighted by Gasteiger charge is 2.22. The van der Waals surface area contributed by atoms with Crippen LogP contribution in [0.15, 0.2) is 36.7 Å². The largest absolute Gasteiger partial charge is 0.366 e. The Hall–Kier alpha value is -4.04. The van der Waals surface area contributed by atoms with Gasteiger partial charge in [0, 0.05) is 56.6 Å². The first-order chi connectivity index (χ1) is 17.8. The maximum atomic E-state index is 13.4. The summed E-state index contributed by atoms with van der Waals surface area (Å²) in [5.74, 6) is 6.14. The van der Waals surface area contributed by atoms with E-state index in [9.17, 15) is 14.0 Å². The van der Waals surface area contributed by atoms with E-state index in [1.54, 1.807) is 25.4 Å². The normalized spacial score (nSPS) is 12.7. The molecule has 0 aromatic carbocycles. The Morgan fingerprint density at radius 3 is 2.78 bits per heavy atom. The molecule has 0 saturated heterocycles. The third kappa shape index (κ3) is 10.2. The first-order valence-electron chi connectivity index (χ1n) is 12.1. The van der Waals surface area contributed by atoms with Crippen LogP contribution in [0.1, 0.15) is 31.2 Å². The lowest BCUT2D eigenvalue weighted by Crippen LogP contribution is -2.38. The molecule has 0 spiro atoms. The van der Waals surface area contributed by atoms with Gasteiger partial charge in [0.1, 0.15) is 5.82 Å². The molecule has 11 heteroatoms. The molecule has 0 bridgehead atoms. The molecule has 2 aromatic heterocycles. The van der Waals surface area contributed by atoms with E-state index in [0.29, 0.717) is 55.0 Å². The summed E-state index contributed by atoms with van der Waals surface area (Å²) >= 11 is 0. The van der Waals surface area contributed by atoms with Crippen LogP contribution >= 0.6 is 0 Å². The molecule has 1 aliphatic rings. The van der Waals surface area contributed by atoms with E-state index < -0.39 is 5.95 Å². The minimum atomic E-state index is -0.590. The van der Waals surface area contributed by atoms with Crippen LogP contribution in [0.25, 0.3) is 0 Å². The van der Waals surface area contributed by atoms with Crippen molar-refractivity contribution < 1.29 is 14.0 Å². The second-order valence-electron chi connectivity index (χ2n) is 8.98. The minimum absolute atomic E-state index is 0.00311. The second-order valence-corrected chi connectivity index (χ2v) is 8.98. The fraction of sp³-hybridized carbons (Fsp3) is 0.423. The number of halogens is 1. The number of amides is 2. The van der Waals surface area contributed by atoms with Gasteiger partial charge in [-0.15, -0.1) is 0 Å². The maximum Gasteiger partial charge on any atom is 0.246 e. The minimum Gasteiger partial charge on any atom is -0.366 e. The Morgan fingerprint density at radius 1 is 1.24 bits per heavy atom. The molecule has 1 saturated carbocycles. The van der Waals surface area contributed by atoms with Crippen molar-refractivity contribution in [1.29, 1.82) is 0 Å². The lowest BCUT2D eigenvalue weighted by Gasteiger charge is -2.14. The number of pyridine rings is 1. The summed E-state index contributed by atoms with van der Waals surface area (Å²) in [5, 5.41) is 9.14. The van der Waals surface area contributed by atoms with E-state index in [-0.39, 0.29) is 18.4 Å². The standard InChI is InChI=1S/C26H33FN8O2/c1-34(2)15-7-9-24(37)35(3)18-23(36)29-13-6-4-5-8-19-17-30-26(33-25(19)31-20-10-11-20)32-21-12-14-28-22(27)16-21/h7,9,12,14,16-17,20H,4,6,10-11,13,15,18H2,1-3H3,(H,29,36)(H2,28,30,31,32,33)/b9-7+. The zero-order chi connectivity index (χ0) is 26.6. The zero-order valence-electron chi connectivity index (χ0n) is 21.4. The SMILES string of the molecule is CN(C)C/C=C/C(=O)N(C)CC(=O)NCCCC#Cc1cnc(Nc2ccnc(F)c2)nc1NC1CC1. The molecule has 196 valence electrons. The molecule has 0 atom stereocenters. The molecule has 37 heavy (non-hydrogen) atoms. The highest BCUT2D eigenvalue weighted by Crippen LogP contribution is 2.26. The monoisotopic (exact) mass is 508 g/mol. The van der Waals surface area contributed by atoms with Crippen molar-refractivity contribution in [1.82, 2.24) is 30.1 Å². The van der Waals surface area contributed by atoms with Crippen molar-refractivity contribution >= 4 is 29.3 Å². The number of hydrogen-bond donors (Lipinski definition) is 3. The van der Waals surface area contributed by atoms with Gasteiger partial charge in [0.2, 0.25) is 23.7 Å². The maximum absolute atomic E-state index is 13.4. The highest BCUT2D eigenvalue weighted by molar-refractivity contribution is 5.91. The first kappa shape index (κ1) is 27.5. The van der Waals surface area contributed by atoms with Gasteiger partial charge in [0.25, 0.3) is 0 Å². The van der Waals surface area contributed by atoms with Crippen LogP contribution in [0.3, 0.4) is 0 Å². The summed E-state index contributed by atoms with van der Waals surface area (Å²) in [7, 11) is 5.42. The fourth-order valence-electron chi connectivity index (χ4n) is 3.08. The molecular formula is C26H33FN8O2. The molecule has 2 amide bonds. The lowest BCUT2D eigenvalue weighted by molar-refractivity contribution is -0.131. The molecule has 0 aliphatic heterocycles. The molecule has 2 heterocycles. The number of hydrogen-bond acceptors (Lipinski definition) is 8. The Labute approximate surface area is 216 Å². The van der Waals surface area contributed by atoms with Gasteiger partial charge in [-0.25, -0.2) is 9.97 Å². The Bertz CT molecular complexity index is 1170. The van der Waals surface area contributed by atoms with Gasteiger partial charge in [-0.3, -0.25) is 9.59 Å². The van der Waals surface area contributed by atoms with E-state index in [1.165, 1.54) is 23.2 Å². The Balaban J connectivity index is 1.45. The predicted octanol–water partition coefficient (Wildman–Crippen LogP) is 2.15. The van der Waals surface area contributed by atoms with Gasteiger partial charge in [-0.05, 0) is 39.4 Å². The number of carbonyl (C=O) groups is 2. The van der Waals surface area contributed by atoms with E-state index in [0.717, 1.165) is 12.8 Å². The quantitative estimate of drug-likeness (QED) is 0.173. The Morgan fingerprint density at radius 2 is 2.05 bits per heavy atom. The van der Waals surface area contributed by atoms with E-state index >= 15 is 0 Å². The third-order valence-electron chi connectivity index (χ3n) is 5.20. The van der Waals surface area contributed by atoms with Gasteiger partial charge in [0.05, 0.1) is 18.3 Å². The highest BCUT2D eigenvalue weighted by atomic mass is 19.1. The Kier molecular flexibility index (Phi) is 10.3. The first-order valence-corrected chi connectivity index (χ1v) is 12.1. The summed E-state index contributed by atoms with van der Waals surface area (Å²) in [4.78, 5) is 39.8. The van der Waals surface area contributed by atoms with Crippen LogP contribution in [0.2, 0.25) is 0 Å². The molecule has 2 aromatic rings. The van der Waals surface area contributed by atoms with Crippen LogP contribution in [-0.4, -0.2) is 83.4 Å². The smallest absolute Gasteiger partial charge is 0.246 e. The van der Waals surface area contributed by atoms with E-state index in [1.807, 2.05) is 19.0 Å². The van der Waals surface area contributed by atoms with Crippen molar-refractivity contribution in [3.05, 3.63) is 48.2 Å². The lowest BCUT2D eigenvalue weighted by atomic mass is 10.2. The molecule has 3 rings (SSSR count). The average Bonchev–Trinajstić information content (AvgIpc) is 3.66. The molecule has 1 aliphatic carbocycles.